The van der Waals surface area contributed by atoms with Gasteiger partial charge in [-0.3, -0.25) is 0 Å². The monoisotopic (exact) mass is 756 g/mol. The Bertz CT molecular complexity index is 1290. The van der Waals surface area contributed by atoms with Crippen molar-refractivity contribution in [2.75, 3.05) is 19.8 Å². The molecule has 8 aliphatic rings. The minimum absolute atomic E-state index is 0.0431. The Balaban J connectivity index is 1.06. The summed E-state index contributed by atoms with van der Waals surface area (Å²) in [4.78, 5) is 0. The van der Waals surface area contributed by atoms with Crippen molar-refractivity contribution in [2.45, 2.75) is 171 Å². The second kappa shape index (κ2) is 14.4. The predicted molar refractivity (Wildman–Crippen MR) is 184 cm³/mol. The highest BCUT2D eigenvalue weighted by molar-refractivity contribution is 5.16. The summed E-state index contributed by atoms with van der Waals surface area (Å²) in [7, 11) is 0. The molecule has 4 saturated carbocycles. The van der Waals surface area contributed by atoms with E-state index in [9.17, 15) is 40.9 Å². The van der Waals surface area contributed by atoms with Gasteiger partial charge >= 0.3 is 0 Å². The first kappa shape index (κ1) is 39.3. The molecule has 0 bridgehead atoms. The lowest BCUT2D eigenvalue weighted by Gasteiger charge is -2.63. The molecule has 1 spiro atoms. The van der Waals surface area contributed by atoms with Crippen LogP contribution < -0.4 is 0 Å². The van der Waals surface area contributed by atoms with E-state index >= 15 is 0 Å². The summed E-state index contributed by atoms with van der Waals surface area (Å²) in [6.45, 7) is 9.00. The zero-order valence-corrected chi connectivity index (χ0v) is 31.6. The first-order chi connectivity index (χ1) is 25.2. The lowest BCUT2D eigenvalue weighted by atomic mass is 9.43. The highest BCUT2D eigenvalue weighted by Gasteiger charge is 2.70. The fraction of sp³-hybridized carbons (Fsp3) is 1.00. The molecule has 8 unspecified atom stereocenters. The SMILES string of the molecule is C[C@@H]1CCC2(OC1)OC1CC3C4C[C@H](OC5O[C@@H](CO)[C@H](O)[C@@H](O)[C@@H]5O)[C@H]5C[C@@H](OC6O[C@H](CO)[C@@H](O)[C@H](O)[C@H]6O)CC[C@]5(C)C4CC[C@]3(C)C1[C@@H]2C. The molecule has 8 fully saturated rings. The largest absolute Gasteiger partial charge is 0.394 e. The number of aliphatic hydroxyl groups is 8. The normalized spacial score (nSPS) is 59.5. The van der Waals surface area contributed by atoms with Crippen LogP contribution in [0.25, 0.3) is 0 Å². The van der Waals surface area contributed by atoms with Gasteiger partial charge in [-0.15, -0.1) is 0 Å². The van der Waals surface area contributed by atoms with Crippen LogP contribution in [0.3, 0.4) is 0 Å². The van der Waals surface area contributed by atoms with E-state index in [4.69, 9.17) is 28.4 Å². The van der Waals surface area contributed by atoms with Crippen molar-refractivity contribution in [3.63, 3.8) is 0 Å². The fourth-order valence-electron chi connectivity index (χ4n) is 13.2. The minimum Gasteiger partial charge on any atom is -0.394 e. The Morgan fingerprint density at radius 1 is 0.642 bits per heavy atom. The molecule has 14 nitrogen and oxygen atoms in total. The van der Waals surface area contributed by atoms with Gasteiger partial charge in [-0.05, 0) is 97.7 Å². The third-order valence-electron chi connectivity index (χ3n) is 16.2. The van der Waals surface area contributed by atoms with Crippen molar-refractivity contribution in [2.24, 2.45) is 52.3 Å². The van der Waals surface area contributed by atoms with Crippen LogP contribution in [0.5, 0.6) is 0 Å². The molecule has 53 heavy (non-hydrogen) atoms. The fourth-order valence-corrected chi connectivity index (χ4v) is 13.2. The quantitative estimate of drug-likeness (QED) is 0.173. The summed E-state index contributed by atoms with van der Waals surface area (Å²) in [5.74, 6) is 1.62. The summed E-state index contributed by atoms with van der Waals surface area (Å²) < 4.78 is 38.3. The van der Waals surface area contributed by atoms with Crippen LogP contribution in [-0.4, -0.2) is 146 Å². The number of hydrogen-bond donors (Lipinski definition) is 8. The number of ether oxygens (including phenoxy) is 6. The molecule has 4 aliphatic carbocycles. The lowest BCUT2D eigenvalue weighted by molar-refractivity contribution is -0.335. The molecule has 8 rings (SSSR count). The molecule has 0 aromatic rings. The molecular weight excluding hydrogens is 692 g/mol. The van der Waals surface area contributed by atoms with Crippen LogP contribution in [-0.2, 0) is 28.4 Å². The third kappa shape index (κ3) is 6.20. The molecule has 4 aliphatic heterocycles. The van der Waals surface area contributed by atoms with Gasteiger partial charge in [-0.2, -0.15) is 0 Å². The second-order valence-electron chi connectivity index (χ2n) is 18.8. The zero-order valence-electron chi connectivity index (χ0n) is 31.6. The van der Waals surface area contributed by atoms with Crippen LogP contribution in [0.4, 0.5) is 0 Å². The molecule has 0 aromatic heterocycles. The van der Waals surface area contributed by atoms with Crippen LogP contribution in [0.1, 0.15) is 85.5 Å². The van der Waals surface area contributed by atoms with E-state index in [1.807, 2.05) is 0 Å². The number of aliphatic hydroxyl groups excluding tert-OH is 8. The van der Waals surface area contributed by atoms with Crippen LogP contribution >= 0.6 is 0 Å². The molecule has 23 atom stereocenters. The highest BCUT2D eigenvalue weighted by atomic mass is 16.7. The standard InChI is InChI=1S/C39H64O14/c1-17-5-10-39(48-16-17)18(2)28-25(53-39)13-22-20-12-24(50-36-34(47)32(45)30(43)27(15-41)52-36)23-11-19(6-8-37(23,3)21(20)7-9-38(22,28)4)49-35-33(46)31(44)29(42)26(14-40)51-35/h17-36,40-47H,5-16H2,1-4H3/t17-,18+,19+,20?,21?,22?,23-,24+,25?,26-,27+,28?,29-,30+,31+,32-,33-,34+,35?,36?,37-,38+,39?/m1/s1. The number of fused-ring (bicyclic) bond motifs is 7. The highest BCUT2D eigenvalue weighted by Crippen LogP contribution is 2.71. The Morgan fingerprint density at radius 3 is 1.87 bits per heavy atom. The molecule has 0 aromatic carbocycles. The van der Waals surface area contributed by atoms with E-state index in [-0.39, 0.29) is 34.7 Å². The molecule has 14 heteroatoms. The molecule has 4 heterocycles. The van der Waals surface area contributed by atoms with Gasteiger partial charge in [0.2, 0.25) is 0 Å². The Hall–Kier alpha value is -0.560. The molecule has 0 radical (unpaired) electrons. The van der Waals surface area contributed by atoms with Crippen LogP contribution in [0.2, 0.25) is 0 Å². The second-order valence-corrected chi connectivity index (χ2v) is 18.8. The maximum Gasteiger partial charge on any atom is 0.186 e. The topological polar surface area (TPSA) is 217 Å². The Morgan fingerprint density at radius 2 is 1.26 bits per heavy atom. The summed E-state index contributed by atoms with van der Waals surface area (Å²) in [6, 6.07) is 0. The zero-order chi connectivity index (χ0) is 37.8. The van der Waals surface area contributed by atoms with Gasteiger partial charge in [0.1, 0.15) is 48.8 Å². The molecule has 304 valence electrons. The Labute approximate surface area is 312 Å². The summed E-state index contributed by atoms with van der Waals surface area (Å²) >= 11 is 0. The van der Waals surface area contributed by atoms with Crippen molar-refractivity contribution in [1.29, 1.82) is 0 Å². The maximum atomic E-state index is 11.1. The minimum atomic E-state index is -1.56. The van der Waals surface area contributed by atoms with E-state index < -0.39 is 92.6 Å². The number of rotatable bonds is 6. The molecular formula is C39H64O14. The summed E-state index contributed by atoms with van der Waals surface area (Å²) in [5.41, 5.74) is -0.159. The first-order valence-corrected chi connectivity index (χ1v) is 20.4. The Kier molecular flexibility index (Phi) is 10.6. The average molecular weight is 757 g/mol. The van der Waals surface area contributed by atoms with E-state index in [0.29, 0.717) is 42.9 Å². The molecule has 8 N–H and O–H groups in total. The van der Waals surface area contributed by atoms with Gasteiger partial charge in [0.05, 0.1) is 38.1 Å². The van der Waals surface area contributed by atoms with Gasteiger partial charge in [0.15, 0.2) is 18.4 Å². The first-order valence-electron chi connectivity index (χ1n) is 20.4. The smallest absolute Gasteiger partial charge is 0.186 e. The third-order valence-corrected chi connectivity index (χ3v) is 16.2. The van der Waals surface area contributed by atoms with Gasteiger partial charge in [-0.1, -0.05) is 27.7 Å². The van der Waals surface area contributed by atoms with E-state index in [2.05, 4.69) is 27.7 Å². The van der Waals surface area contributed by atoms with Gasteiger partial charge < -0.3 is 69.3 Å². The van der Waals surface area contributed by atoms with Crippen molar-refractivity contribution < 1.29 is 69.3 Å². The summed E-state index contributed by atoms with van der Waals surface area (Å²) in [6.07, 6.45) is -6.84. The van der Waals surface area contributed by atoms with Crippen molar-refractivity contribution in [3.05, 3.63) is 0 Å². The van der Waals surface area contributed by atoms with Crippen molar-refractivity contribution in [1.82, 2.24) is 0 Å². The van der Waals surface area contributed by atoms with Crippen LogP contribution in [0, 0.1) is 52.3 Å². The van der Waals surface area contributed by atoms with Crippen LogP contribution in [0.15, 0.2) is 0 Å². The maximum absolute atomic E-state index is 11.1. The predicted octanol–water partition coefficient (Wildman–Crippen LogP) is 0.413. The lowest BCUT2D eigenvalue weighted by Crippen LogP contribution is -2.63. The van der Waals surface area contributed by atoms with E-state index in [1.165, 1.54) is 0 Å². The van der Waals surface area contributed by atoms with Gasteiger partial charge in [-0.25, -0.2) is 0 Å². The summed E-state index contributed by atoms with van der Waals surface area (Å²) in [5, 5.41) is 83.5. The molecule has 0 amide bonds. The molecule has 4 saturated heterocycles. The van der Waals surface area contributed by atoms with Gasteiger partial charge in [0, 0.05) is 12.3 Å². The van der Waals surface area contributed by atoms with E-state index in [0.717, 1.165) is 45.1 Å². The van der Waals surface area contributed by atoms with Crippen molar-refractivity contribution >= 4 is 0 Å². The van der Waals surface area contributed by atoms with E-state index in [1.54, 1.807) is 0 Å². The van der Waals surface area contributed by atoms with Gasteiger partial charge in [0.25, 0.3) is 0 Å². The average Bonchev–Trinajstić information content (AvgIpc) is 3.59. The van der Waals surface area contributed by atoms with Crippen molar-refractivity contribution in [3.8, 4) is 0 Å². The number of hydrogen-bond acceptors (Lipinski definition) is 14.